The molecule has 1 heterocycles. The predicted octanol–water partition coefficient (Wildman–Crippen LogP) is 4.22. The molecule has 0 N–H and O–H groups in total. The highest BCUT2D eigenvalue weighted by Gasteiger charge is 2.40. The van der Waals surface area contributed by atoms with Crippen LogP contribution in [0.4, 0.5) is 0 Å². The smallest absolute Gasteiger partial charge is 0.335 e. The van der Waals surface area contributed by atoms with Gasteiger partial charge in [-0.2, -0.15) is 0 Å². The predicted molar refractivity (Wildman–Crippen MR) is 97.6 cm³/mol. The first-order chi connectivity index (χ1) is 11.8. The first-order valence-corrected chi connectivity index (χ1v) is 8.43. The van der Waals surface area contributed by atoms with Crippen LogP contribution in [0.2, 0.25) is 0 Å². The number of nitrogens with zero attached hydrogens (tertiary/aromatic N) is 1. The van der Waals surface area contributed by atoms with E-state index >= 15 is 0 Å². The summed E-state index contributed by atoms with van der Waals surface area (Å²) in [6, 6.07) is 16.9. The number of carbonyl (C=O) groups is 1. The fourth-order valence-corrected chi connectivity index (χ4v) is 2.68. The zero-order valence-corrected chi connectivity index (χ0v) is 15.0. The normalized spacial score (nSPS) is 19.9. The van der Waals surface area contributed by atoms with Crippen molar-refractivity contribution in [2.75, 3.05) is 0 Å². The van der Waals surface area contributed by atoms with Crippen molar-refractivity contribution in [3.05, 3.63) is 71.3 Å². The molecule has 4 heteroatoms. The molecule has 130 valence electrons. The maximum absolute atomic E-state index is 12.7. The molecule has 1 aliphatic heterocycles. The number of aliphatic imine (C=N–C) groups is 1. The molecule has 4 nitrogen and oxygen atoms in total. The van der Waals surface area contributed by atoms with Crippen LogP contribution in [0.1, 0.15) is 43.6 Å². The maximum Gasteiger partial charge on any atom is 0.335 e. The van der Waals surface area contributed by atoms with Crippen LogP contribution in [0.3, 0.4) is 0 Å². The van der Waals surface area contributed by atoms with Crippen molar-refractivity contribution in [3.8, 4) is 0 Å². The summed E-state index contributed by atoms with van der Waals surface area (Å²) in [7, 11) is 0. The van der Waals surface area contributed by atoms with E-state index < -0.39 is 17.7 Å². The summed E-state index contributed by atoms with van der Waals surface area (Å²) >= 11 is 0. The Labute approximate surface area is 148 Å². The van der Waals surface area contributed by atoms with Crippen LogP contribution in [0.5, 0.6) is 0 Å². The molecule has 25 heavy (non-hydrogen) atoms. The van der Waals surface area contributed by atoms with Gasteiger partial charge in [0, 0.05) is 5.56 Å². The molecule has 0 spiro atoms. The van der Waals surface area contributed by atoms with Gasteiger partial charge in [0.15, 0.2) is 12.1 Å². The van der Waals surface area contributed by atoms with Crippen molar-refractivity contribution >= 4 is 11.9 Å². The molecule has 0 bridgehead atoms. The first-order valence-electron chi connectivity index (χ1n) is 8.43. The maximum atomic E-state index is 12.7. The fourth-order valence-electron chi connectivity index (χ4n) is 2.68. The molecule has 2 aromatic rings. The van der Waals surface area contributed by atoms with E-state index in [9.17, 15) is 4.79 Å². The third-order valence-corrected chi connectivity index (χ3v) is 3.86. The summed E-state index contributed by atoms with van der Waals surface area (Å²) in [6.45, 7) is 7.58. The Morgan fingerprint density at radius 1 is 1.04 bits per heavy atom. The van der Waals surface area contributed by atoms with Gasteiger partial charge in [0.2, 0.25) is 5.90 Å². The highest BCUT2D eigenvalue weighted by molar-refractivity contribution is 5.98. The molecule has 0 amide bonds. The SMILES string of the molecule is Cc1ccc([C@@H]2OC(c3ccccc3)=N[C@@H]2C(=O)OC(C)(C)C)cc1. The van der Waals surface area contributed by atoms with Gasteiger partial charge < -0.3 is 9.47 Å². The topological polar surface area (TPSA) is 47.9 Å². The Morgan fingerprint density at radius 3 is 2.28 bits per heavy atom. The van der Waals surface area contributed by atoms with Crippen molar-refractivity contribution in [1.29, 1.82) is 0 Å². The number of carbonyl (C=O) groups excluding carboxylic acids is 1. The molecule has 0 fully saturated rings. The van der Waals surface area contributed by atoms with Crippen LogP contribution in [0.15, 0.2) is 59.6 Å². The Hall–Kier alpha value is -2.62. The lowest BCUT2D eigenvalue weighted by Crippen LogP contribution is -2.33. The largest absolute Gasteiger partial charge is 0.466 e. The third kappa shape index (κ3) is 4.08. The summed E-state index contributed by atoms with van der Waals surface area (Å²) in [4.78, 5) is 17.2. The summed E-state index contributed by atoms with van der Waals surface area (Å²) in [6.07, 6.45) is -0.481. The minimum atomic E-state index is -0.711. The van der Waals surface area contributed by atoms with E-state index in [1.165, 1.54) is 0 Å². The average molecular weight is 337 g/mol. The second-order valence-electron chi connectivity index (χ2n) is 7.23. The Balaban J connectivity index is 1.93. The van der Waals surface area contributed by atoms with Crippen molar-refractivity contribution in [1.82, 2.24) is 0 Å². The molecule has 0 radical (unpaired) electrons. The second-order valence-corrected chi connectivity index (χ2v) is 7.23. The van der Waals surface area contributed by atoms with Gasteiger partial charge in [0.25, 0.3) is 0 Å². The first kappa shape index (κ1) is 17.2. The van der Waals surface area contributed by atoms with Crippen LogP contribution in [0.25, 0.3) is 0 Å². The van der Waals surface area contributed by atoms with E-state index in [2.05, 4.69) is 4.99 Å². The summed E-state index contributed by atoms with van der Waals surface area (Å²) in [5.41, 5.74) is 2.35. The molecular formula is C21H23NO3. The fraction of sp³-hybridized carbons (Fsp3) is 0.333. The van der Waals surface area contributed by atoms with Crippen LogP contribution in [-0.4, -0.2) is 23.5 Å². The van der Waals surface area contributed by atoms with Gasteiger partial charge in [-0.15, -0.1) is 0 Å². The number of benzene rings is 2. The number of ether oxygens (including phenoxy) is 2. The van der Waals surface area contributed by atoms with E-state index in [-0.39, 0.29) is 5.97 Å². The standard InChI is InChI=1S/C21H23NO3/c1-14-10-12-15(13-11-14)18-17(20(23)25-21(2,3)4)22-19(24-18)16-8-6-5-7-9-16/h5-13,17-18H,1-4H3/t17-,18-/m0/s1. The molecule has 0 saturated carbocycles. The molecular weight excluding hydrogens is 314 g/mol. The second kappa shape index (κ2) is 6.71. The van der Waals surface area contributed by atoms with Gasteiger partial charge in [-0.1, -0.05) is 48.0 Å². The number of rotatable bonds is 3. The van der Waals surface area contributed by atoms with Crippen molar-refractivity contribution in [2.24, 2.45) is 4.99 Å². The lowest BCUT2D eigenvalue weighted by atomic mass is 10.0. The molecule has 3 rings (SSSR count). The lowest BCUT2D eigenvalue weighted by molar-refractivity contribution is -0.158. The summed E-state index contributed by atoms with van der Waals surface area (Å²) < 4.78 is 11.6. The highest BCUT2D eigenvalue weighted by atomic mass is 16.6. The monoisotopic (exact) mass is 337 g/mol. The molecule has 2 aromatic carbocycles. The molecule has 0 saturated heterocycles. The van der Waals surface area contributed by atoms with Gasteiger partial charge in [-0.05, 0) is 45.4 Å². The van der Waals surface area contributed by atoms with Crippen LogP contribution >= 0.6 is 0 Å². The molecule has 0 aromatic heterocycles. The van der Waals surface area contributed by atoms with Crippen molar-refractivity contribution in [2.45, 2.75) is 45.4 Å². The molecule has 0 aliphatic carbocycles. The van der Waals surface area contributed by atoms with Gasteiger partial charge in [-0.25, -0.2) is 9.79 Å². The summed E-state index contributed by atoms with van der Waals surface area (Å²) in [5, 5.41) is 0. The molecule has 0 unspecified atom stereocenters. The van der Waals surface area contributed by atoms with Crippen LogP contribution in [-0.2, 0) is 14.3 Å². The number of hydrogen-bond donors (Lipinski definition) is 0. The minimum absolute atomic E-state index is 0.371. The zero-order valence-electron chi connectivity index (χ0n) is 15.0. The van der Waals surface area contributed by atoms with E-state index in [0.29, 0.717) is 5.90 Å². The lowest BCUT2D eigenvalue weighted by Gasteiger charge is -2.23. The Kier molecular flexibility index (Phi) is 4.62. The molecule has 1 aliphatic rings. The van der Waals surface area contributed by atoms with Crippen LogP contribution in [0, 0.1) is 6.92 Å². The van der Waals surface area contributed by atoms with Gasteiger partial charge in [-0.3, -0.25) is 0 Å². The van der Waals surface area contributed by atoms with Gasteiger partial charge >= 0.3 is 5.97 Å². The van der Waals surface area contributed by atoms with E-state index in [0.717, 1.165) is 16.7 Å². The number of esters is 1. The van der Waals surface area contributed by atoms with Gasteiger partial charge in [0.1, 0.15) is 5.60 Å². The minimum Gasteiger partial charge on any atom is -0.466 e. The van der Waals surface area contributed by atoms with Crippen molar-refractivity contribution < 1.29 is 14.3 Å². The third-order valence-electron chi connectivity index (χ3n) is 3.86. The Bertz CT molecular complexity index is 773. The summed E-state index contributed by atoms with van der Waals surface area (Å²) in [5.74, 6) is 0.103. The Morgan fingerprint density at radius 2 is 1.68 bits per heavy atom. The van der Waals surface area contributed by atoms with E-state index in [4.69, 9.17) is 9.47 Å². The van der Waals surface area contributed by atoms with E-state index in [1.807, 2.05) is 82.3 Å². The molecule has 2 atom stereocenters. The van der Waals surface area contributed by atoms with Gasteiger partial charge in [0.05, 0.1) is 0 Å². The van der Waals surface area contributed by atoms with Crippen molar-refractivity contribution in [3.63, 3.8) is 0 Å². The van der Waals surface area contributed by atoms with Crippen LogP contribution < -0.4 is 0 Å². The highest BCUT2D eigenvalue weighted by Crippen LogP contribution is 2.32. The quantitative estimate of drug-likeness (QED) is 0.788. The number of aryl methyl sites for hydroxylation is 1. The zero-order chi connectivity index (χ0) is 18.0. The van der Waals surface area contributed by atoms with E-state index in [1.54, 1.807) is 0 Å². The average Bonchev–Trinajstić information content (AvgIpc) is 3.00. The number of hydrogen-bond acceptors (Lipinski definition) is 4.